The van der Waals surface area contributed by atoms with E-state index in [1.54, 1.807) is 0 Å². The quantitative estimate of drug-likeness (QED) is 0.699. The van der Waals surface area contributed by atoms with Crippen LogP contribution in [0.25, 0.3) is 0 Å². The Bertz CT molecular complexity index is 334. The number of hydrogen-bond donors (Lipinski definition) is 0. The van der Waals surface area contributed by atoms with Gasteiger partial charge in [-0.25, -0.2) is 0 Å². The number of halogens is 3. The first-order valence-corrected chi connectivity index (χ1v) is 10.4. The average molecular weight is 309 g/mol. The van der Waals surface area contributed by atoms with Crippen LogP contribution in [-0.4, -0.2) is 38.1 Å². The van der Waals surface area contributed by atoms with Crippen molar-refractivity contribution in [3.05, 3.63) is 0 Å². The first-order chi connectivity index (χ1) is 9.19. The van der Waals surface area contributed by atoms with Gasteiger partial charge in [-0.1, -0.05) is 51.9 Å². The summed E-state index contributed by atoms with van der Waals surface area (Å²) in [6.07, 6.45) is -4.73. The lowest BCUT2D eigenvalue weighted by atomic mass is 10.0. The summed E-state index contributed by atoms with van der Waals surface area (Å²) in [4.78, 5) is 12.4. The molecule has 0 aliphatic carbocycles. The highest BCUT2D eigenvalue weighted by Crippen LogP contribution is 2.37. The van der Waals surface area contributed by atoms with Crippen molar-refractivity contribution in [2.75, 3.05) is 13.1 Å². The van der Waals surface area contributed by atoms with Crippen molar-refractivity contribution in [3.8, 4) is 0 Å². The molecule has 0 bridgehead atoms. The Morgan fingerprint density at radius 1 is 1.15 bits per heavy atom. The van der Waals surface area contributed by atoms with Crippen molar-refractivity contribution in [2.24, 2.45) is 11.8 Å². The van der Waals surface area contributed by atoms with Crippen LogP contribution in [0.5, 0.6) is 0 Å². The van der Waals surface area contributed by atoms with Crippen LogP contribution in [0.1, 0.15) is 27.7 Å². The fourth-order valence-corrected chi connectivity index (χ4v) is 7.39. The van der Waals surface area contributed by atoms with E-state index in [1.807, 2.05) is 6.92 Å². The van der Waals surface area contributed by atoms with Crippen LogP contribution in [0, 0.1) is 11.8 Å². The monoisotopic (exact) mass is 309 g/mol. The Balaban J connectivity index is 2.73. The molecule has 0 N–H and O–H groups in total. The molecule has 1 aliphatic rings. The van der Waals surface area contributed by atoms with Crippen LogP contribution in [0.4, 0.5) is 13.2 Å². The van der Waals surface area contributed by atoms with Crippen molar-refractivity contribution >= 4 is 14.0 Å². The summed E-state index contributed by atoms with van der Waals surface area (Å²) >= 11 is 0. The standard InChI is InChI=1S/C14H26F3NOSi/c1-5-20(6-2,7-3)10-12-9-18(8-11(12)4)13(19)14(15,16)17/h11-12H,5-10H2,1-4H3/t11-,12+/m0/s1. The average Bonchev–Trinajstić information content (AvgIpc) is 2.75. The maximum absolute atomic E-state index is 12.5. The molecule has 1 fully saturated rings. The number of rotatable bonds is 5. The predicted octanol–water partition coefficient (Wildman–Crippen LogP) is 4.15. The van der Waals surface area contributed by atoms with E-state index < -0.39 is 20.2 Å². The molecule has 1 saturated heterocycles. The zero-order valence-electron chi connectivity index (χ0n) is 12.9. The Morgan fingerprint density at radius 2 is 1.65 bits per heavy atom. The van der Waals surface area contributed by atoms with Crippen molar-refractivity contribution in [1.82, 2.24) is 4.90 Å². The molecule has 6 heteroatoms. The molecule has 0 unspecified atom stereocenters. The zero-order valence-corrected chi connectivity index (χ0v) is 13.9. The molecule has 1 amide bonds. The van der Waals surface area contributed by atoms with E-state index in [0.29, 0.717) is 0 Å². The van der Waals surface area contributed by atoms with Gasteiger partial charge >= 0.3 is 12.1 Å². The summed E-state index contributed by atoms with van der Waals surface area (Å²) in [5.74, 6) is -1.24. The second-order valence-electron chi connectivity index (χ2n) is 6.21. The Morgan fingerprint density at radius 3 is 2.05 bits per heavy atom. The van der Waals surface area contributed by atoms with Crippen molar-refractivity contribution in [3.63, 3.8) is 0 Å². The minimum Gasteiger partial charge on any atom is -0.334 e. The SMILES string of the molecule is CC[Si](CC)(CC)C[C@H]1CN(C(=O)C(F)(F)F)C[C@@H]1C. The second-order valence-corrected chi connectivity index (χ2v) is 11.7. The number of carbonyl (C=O) groups excluding carboxylic acids is 1. The van der Waals surface area contributed by atoms with Gasteiger partial charge in [-0.2, -0.15) is 13.2 Å². The van der Waals surface area contributed by atoms with E-state index in [0.717, 1.165) is 10.9 Å². The van der Waals surface area contributed by atoms with Gasteiger partial charge in [0.05, 0.1) is 8.07 Å². The van der Waals surface area contributed by atoms with Gasteiger partial charge in [0.2, 0.25) is 0 Å². The third kappa shape index (κ3) is 3.77. The van der Waals surface area contributed by atoms with Crippen LogP contribution < -0.4 is 0 Å². The number of carbonyl (C=O) groups is 1. The highest BCUT2D eigenvalue weighted by molar-refractivity contribution is 6.79. The first kappa shape index (κ1) is 17.5. The molecule has 0 saturated carbocycles. The summed E-state index contributed by atoms with van der Waals surface area (Å²) in [7, 11) is -1.35. The molecular formula is C14H26F3NOSi. The van der Waals surface area contributed by atoms with Crippen LogP contribution >= 0.6 is 0 Å². The smallest absolute Gasteiger partial charge is 0.334 e. The van der Waals surface area contributed by atoms with Crippen LogP contribution in [-0.2, 0) is 4.79 Å². The molecule has 1 rings (SSSR count). The minimum absolute atomic E-state index is 0.179. The highest BCUT2D eigenvalue weighted by Gasteiger charge is 2.47. The van der Waals surface area contributed by atoms with E-state index in [-0.39, 0.29) is 24.9 Å². The van der Waals surface area contributed by atoms with Gasteiger partial charge in [0.1, 0.15) is 0 Å². The molecular weight excluding hydrogens is 283 g/mol. The molecule has 0 aromatic rings. The number of nitrogens with zero attached hydrogens (tertiary/aromatic N) is 1. The predicted molar refractivity (Wildman–Crippen MR) is 77.3 cm³/mol. The third-order valence-corrected chi connectivity index (χ3v) is 11.1. The number of amides is 1. The van der Waals surface area contributed by atoms with Gasteiger partial charge in [-0.15, -0.1) is 0 Å². The lowest BCUT2D eigenvalue weighted by molar-refractivity contribution is -0.184. The van der Waals surface area contributed by atoms with Crippen molar-refractivity contribution < 1.29 is 18.0 Å². The van der Waals surface area contributed by atoms with Crippen LogP contribution in [0.3, 0.4) is 0 Å². The Kier molecular flexibility index (Phi) is 5.69. The van der Waals surface area contributed by atoms with Gasteiger partial charge in [0.15, 0.2) is 0 Å². The maximum atomic E-state index is 12.5. The number of alkyl halides is 3. The molecule has 0 aromatic heterocycles. The third-order valence-electron chi connectivity index (χ3n) is 5.24. The molecule has 1 heterocycles. The fraction of sp³-hybridized carbons (Fsp3) is 0.929. The van der Waals surface area contributed by atoms with Gasteiger partial charge in [0, 0.05) is 13.1 Å². The molecule has 0 aromatic carbocycles. The molecule has 1 aliphatic heterocycles. The van der Waals surface area contributed by atoms with Gasteiger partial charge in [-0.05, 0) is 11.8 Å². The molecule has 2 atom stereocenters. The van der Waals surface area contributed by atoms with E-state index >= 15 is 0 Å². The largest absolute Gasteiger partial charge is 0.471 e. The lowest BCUT2D eigenvalue weighted by Crippen LogP contribution is -2.40. The normalized spacial score (nSPS) is 24.2. The molecule has 20 heavy (non-hydrogen) atoms. The summed E-state index contributed by atoms with van der Waals surface area (Å²) in [6.45, 7) is 9.14. The van der Waals surface area contributed by atoms with Crippen molar-refractivity contribution in [2.45, 2.75) is 58.0 Å². The second kappa shape index (κ2) is 6.50. The highest BCUT2D eigenvalue weighted by atomic mass is 28.3. The maximum Gasteiger partial charge on any atom is 0.471 e. The Labute approximate surface area is 120 Å². The van der Waals surface area contributed by atoms with E-state index in [2.05, 4.69) is 20.8 Å². The fourth-order valence-electron chi connectivity index (χ4n) is 3.38. The molecule has 118 valence electrons. The van der Waals surface area contributed by atoms with Crippen LogP contribution in [0.15, 0.2) is 0 Å². The zero-order chi connectivity index (χ0) is 15.6. The van der Waals surface area contributed by atoms with Gasteiger partial charge in [-0.3, -0.25) is 4.79 Å². The number of hydrogen-bond acceptors (Lipinski definition) is 1. The van der Waals surface area contributed by atoms with Crippen LogP contribution in [0.2, 0.25) is 24.2 Å². The Hall–Kier alpha value is -0.523. The summed E-state index contributed by atoms with van der Waals surface area (Å²) in [5, 5.41) is 0. The van der Waals surface area contributed by atoms with Crippen molar-refractivity contribution in [1.29, 1.82) is 0 Å². The van der Waals surface area contributed by atoms with E-state index in [9.17, 15) is 18.0 Å². The summed E-state index contributed by atoms with van der Waals surface area (Å²) in [6, 6.07) is 4.59. The van der Waals surface area contributed by atoms with Gasteiger partial charge < -0.3 is 4.90 Å². The molecule has 0 spiro atoms. The van der Waals surface area contributed by atoms with E-state index in [1.165, 1.54) is 18.1 Å². The first-order valence-electron chi connectivity index (χ1n) is 7.55. The number of likely N-dealkylation sites (tertiary alicyclic amines) is 1. The minimum atomic E-state index is -4.73. The summed E-state index contributed by atoms with van der Waals surface area (Å²) in [5.41, 5.74) is 0. The van der Waals surface area contributed by atoms with Gasteiger partial charge in [0.25, 0.3) is 0 Å². The lowest BCUT2D eigenvalue weighted by Gasteiger charge is -2.32. The van der Waals surface area contributed by atoms with E-state index in [4.69, 9.17) is 0 Å². The summed E-state index contributed by atoms with van der Waals surface area (Å²) < 4.78 is 37.5. The molecule has 0 radical (unpaired) electrons. The molecule has 2 nitrogen and oxygen atoms in total. The topological polar surface area (TPSA) is 20.3 Å².